The van der Waals surface area contributed by atoms with Crippen molar-refractivity contribution in [3.63, 3.8) is 0 Å². The quantitative estimate of drug-likeness (QED) is 0.448. The van der Waals surface area contributed by atoms with Gasteiger partial charge >= 0.3 is 11.9 Å². The molecule has 2 aromatic carbocycles. The number of carbonyl (C=O) groups is 2. The lowest BCUT2D eigenvalue weighted by Gasteiger charge is -2.21. The smallest absolute Gasteiger partial charge is 0.305 e. The molecule has 0 heterocycles. The van der Waals surface area contributed by atoms with Gasteiger partial charge in [0.25, 0.3) is 6.29 Å². The highest BCUT2D eigenvalue weighted by molar-refractivity contribution is 5.70. The van der Waals surface area contributed by atoms with Gasteiger partial charge in [-0.25, -0.2) is 0 Å². The van der Waals surface area contributed by atoms with E-state index in [2.05, 4.69) is 13.0 Å². The standard InChI is InChI=1S/C24H28O4/c1-4-5-13-21-14-9-10-15-22(21)17-23(16-20-11-7-6-8-12-20)24(27-18(2)25)28-19(3)26/h6-12,14-15,17,24H,4-5,13,16H2,1-3H3. The van der Waals surface area contributed by atoms with Gasteiger partial charge < -0.3 is 9.47 Å². The summed E-state index contributed by atoms with van der Waals surface area (Å²) in [5.74, 6) is -0.992. The number of carbonyl (C=O) groups excluding carboxylic acids is 2. The maximum absolute atomic E-state index is 11.6. The van der Waals surface area contributed by atoms with Crippen LogP contribution in [0.15, 0.2) is 60.2 Å². The van der Waals surface area contributed by atoms with Crippen LogP contribution >= 0.6 is 0 Å². The highest BCUT2D eigenvalue weighted by atomic mass is 16.7. The summed E-state index contributed by atoms with van der Waals surface area (Å²) in [6.45, 7) is 4.79. The summed E-state index contributed by atoms with van der Waals surface area (Å²) >= 11 is 0. The van der Waals surface area contributed by atoms with Gasteiger partial charge in [0, 0.05) is 25.8 Å². The summed E-state index contributed by atoms with van der Waals surface area (Å²) < 4.78 is 10.7. The summed E-state index contributed by atoms with van der Waals surface area (Å²) in [5, 5.41) is 0. The Morgan fingerprint density at radius 3 is 2.14 bits per heavy atom. The molecule has 2 rings (SSSR count). The third kappa shape index (κ3) is 7.03. The van der Waals surface area contributed by atoms with Crippen molar-refractivity contribution >= 4 is 18.0 Å². The second kappa shape index (κ2) is 11.1. The number of benzene rings is 2. The molecule has 0 unspecified atom stereocenters. The molecule has 28 heavy (non-hydrogen) atoms. The second-order valence-corrected chi connectivity index (χ2v) is 6.73. The summed E-state index contributed by atoms with van der Waals surface area (Å²) in [6, 6.07) is 18.0. The molecule has 0 saturated heterocycles. The summed E-state index contributed by atoms with van der Waals surface area (Å²) in [4.78, 5) is 23.2. The van der Waals surface area contributed by atoms with Crippen molar-refractivity contribution in [2.24, 2.45) is 0 Å². The molecule has 0 amide bonds. The molecule has 0 saturated carbocycles. The third-order valence-corrected chi connectivity index (χ3v) is 4.30. The molecule has 2 aromatic rings. The van der Waals surface area contributed by atoms with E-state index in [1.54, 1.807) is 0 Å². The van der Waals surface area contributed by atoms with Crippen LogP contribution in [0.5, 0.6) is 0 Å². The molecule has 0 spiro atoms. The Kier molecular flexibility index (Phi) is 8.47. The van der Waals surface area contributed by atoms with E-state index in [-0.39, 0.29) is 0 Å². The Balaban J connectivity index is 2.45. The molecule has 0 aliphatic rings. The first kappa shape index (κ1) is 21.4. The molecule has 0 atom stereocenters. The van der Waals surface area contributed by atoms with Crippen LogP contribution in [0.1, 0.15) is 50.3 Å². The molecular weight excluding hydrogens is 352 g/mol. The van der Waals surface area contributed by atoms with Crippen LogP contribution in [-0.2, 0) is 31.9 Å². The fourth-order valence-corrected chi connectivity index (χ4v) is 2.98. The Bertz CT molecular complexity index is 792. The fraction of sp³-hybridized carbons (Fsp3) is 0.333. The molecule has 4 heteroatoms. The maximum atomic E-state index is 11.6. The lowest BCUT2D eigenvalue weighted by atomic mass is 9.97. The van der Waals surface area contributed by atoms with Gasteiger partial charge in [-0.15, -0.1) is 0 Å². The first-order valence-corrected chi connectivity index (χ1v) is 9.66. The zero-order valence-electron chi connectivity index (χ0n) is 16.8. The van der Waals surface area contributed by atoms with Gasteiger partial charge in [0.1, 0.15) is 0 Å². The van der Waals surface area contributed by atoms with E-state index in [1.165, 1.54) is 19.4 Å². The highest BCUT2D eigenvalue weighted by Gasteiger charge is 2.21. The van der Waals surface area contributed by atoms with Crippen LogP contribution in [0.2, 0.25) is 0 Å². The fourth-order valence-electron chi connectivity index (χ4n) is 2.98. The Morgan fingerprint density at radius 1 is 0.929 bits per heavy atom. The van der Waals surface area contributed by atoms with Crippen LogP contribution in [0.3, 0.4) is 0 Å². The van der Waals surface area contributed by atoms with Gasteiger partial charge in [0.05, 0.1) is 0 Å². The Hall–Kier alpha value is -2.88. The minimum Gasteiger partial charge on any atom is -0.421 e. The van der Waals surface area contributed by atoms with E-state index in [0.29, 0.717) is 6.42 Å². The van der Waals surface area contributed by atoms with Gasteiger partial charge in [-0.05, 0) is 35.6 Å². The molecule has 0 aromatic heterocycles. The van der Waals surface area contributed by atoms with Gasteiger partial charge in [0.15, 0.2) is 0 Å². The van der Waals surface area contributed by atoms with Gasteiger partial charge in [-0.2, -0.15) is 0 Å². The molecule has 0 aliphatic carbocycles. The minimum atomic E-state index is -1.05. The second-order valence-electron chi connectivity index (χ2n) is 6.73. The van der Waals surface area contributed by atoms with E-state index < -0.39 is 18.2 Å². The molecular formula is C24H28O4. The van der Waals surface area contributed by atoms with E-state index in [9.17, 15) is 9.59 Å². The van der Waals surface area contributed by atoms with Crippen molar-refractivity contribution < 1.29 is 19.1 Å². The third-order valence-electron chi connectivity index (χ3n) is 4.30. The van der Waals surface area contributed by atoms with Gasteiger partial charge in [-0.1, -0.05) is 67.9 Å². The number of hydrogen-bond acceptors (Lipinski definition) is 4. The summed E-state index contributed by atoms with van der Waals surface area (Å²) in [5.41, 5.74) is 4.04. The zero-order chi connectivity index (χ0) is 20.4. The van der Waals surface area contributed by atoms with Crippen LogP contribution in [0.4, 0.5) is 0 Å². The average Bonchev–Trinajstić information content (AvgIpc) is 2.66. The van der Waals surface area contributed by atoms with Crippen molar-refractivity contribution in [1.29, 1.82) is 0 Å². The normalized spacial score (nSPS) is 11.4. The lowest BCUT2D eigenvalue weighted by molar-refractivity contribution is -0.178. The Morgan fingerprint density at radius 2 is 1.54 bits per heavy atom. The zero-order valence-corrected chi connectivity index (χ0v) is 16.8. The first-order valence-electron chi connectivity index (χ1n) is 9.66. The number of ether oxygens (including phenoxy) is 2. The molecule has 0 bridgehead atoms. The minimum absolute atomic E-state index is 0.496. The topological polar surface area (TPSA) is 52.6 Å². The molecule has 0 radical (unpaired) electrons. The maximum Gasteiger partial charge on any atom is 0.305 e. The number of esters is 2. The van der Waals surface area contributed by atoms with Crippen molar-refractivity contribution in [2.75, 3.05) is 0 Å². The summed E-state index contributed by atoms with van der Waals surface area (Å²) in [7, 11) is 0. The van der Waals surface area contributed by atoms with E-state index >= 15 is 0 Å². The highest BCUT2D eigenvalue weighted by Crippen LogP contribution is 2.22. The molecule has 0 aliphatic heterocycles. The average molecular weight is 380 g/mol. The van der Waals surface area contributed by atoms with Gasteiger partial charge in [-0.3, -0.25) is 9.59 Å². The first-order chi connectivity index (χ1) is 13.5. The van der Waals surface area contributed by atoms with Crippen LogP contribution in [0, 0.1) is 0 Å². The van der Waals surface area contributed by atoms with Crippen LogP contribution in [-0.4, -0.2) is 18.2 Å². The van der Waals surface area contributed by atoms with E-state index in [4.69, 9.17) is 9.47 Å². The molecule has 4 nitrogen and oxygen atoms in total. The molecule has 0 N–H and O–H groups in total. The number of hydrogen-bond donors (Lipinski definition) is 0. The van der Waals surface area contributed by atoms with Crippen molar-refractivity contribution in [3.8, 4) is 0 Å². The predicted octanol–water partition coefficient (Wildman–Crippen LogP) is 5.11. The molecule has 148 valence electrons. The number of rotatable bonds is 9. The van der Waals surface area contributed by atoms with Crippen molar-refractivity contribution in [2.45, 2.75) is 52.7 Å². The lowest BCUT2D eigenvalue weighted by Crippen LogP contribution is -2.25. The SMILES string of the molecule is CCCCc1ccccc1C=C(Cc1ccccc1)C(OC(C)=O)OC(C)=O. The van der Waals surface area contributed by atoms with Gasteiger partial charge in [0.2, 0.25) is 0 Å². The Labute approximate surface area is 167 Å². The van der Waals surface area contributed by atoms with Crippen molar-refractivity contribution in [3.05, 3.63) is 76.9 Å². The number of aryl methyl sites for hydroxylation is 1. The summed E-state index contributed by atoms with van der Waals surface area (Å²) in [6.07, 6.45) is 4.61. The van der Waals surface area contributed by atoms with Crippen LogP contribution < -0.4 is 0 Å². The van der Waals surface area contributed by atoms with Crippen molar-refractivity contribution in [1.82, 2.24) is 0 Å². The van der Waals surface area contributed by atoms with Crippen LogP contribution in [0.25, 0.3) is 6.08 Å². The largest absolute Gasteiger partial charge is 0.421 e. The predicted molar refractivity (Wildman–Crippen MR) is 110 cm³/mol. The number of unbranched alkanes of at least 4 members (excludes halogenated alkanes) is 1. The van der Waals surface area contributed by atoms with E-state index in [0.717, 1.165) is 36.0 Å². The monoisotopic (exact) mass is 380 g/mol. The molecule has 0 fully saturated rings. The van der Waals surface area contributed by atoms with E-state index in [1.807, 2.05) is 54.6 Å².